The Kier molecular flexibility index (Phi) is 4.14. The van der Waals surface area contributed by atoms with Crippen LogP contribution in [0.25, 0.3) is 11.1 Å². The first-order valence-electron chi connectivity index (χ1n) is 6.15. The highest BCUT2D eigenvalue weighted by molar-refractivity contribution is 5.81. The van der Waals surface area contributed by atoms with E-state index < -0.39 is 5.97 Å². The lowest BCUT2D eigenvalue weighted by Crippen LogP contribution is -2.02. The maximum atomic E-state index is 11.1. The second-order valence-electron chi connectivity index (χ2n) is 4.27. The van der Waals surface area contributed by atoms with Gasteiger partial charge in [-0.2, -0.15) is 0 Å². The van der Waals surface area contributed by atoms with E-state index in [4.69, 9.17) is 4.74 Å². The molecule has 19 heavy (non-hydrogen) atoms. The van der Waals surface area contributed by atoms with Crippen molar-refractivity contribution in [2.45, 2.75) is 13.5 Å². The fourth-order valence-electron chi connectivity index (χ4n) is 1.98. The number of hydrogen-bond acceptors (Lipinski definition) is 2. The molecule has 96 valence electrons. The standard InChI is InChI=1S/C17H16O2/c1-3-17(18)19-12-15-10-7-11-16(13(15)2)14-8-5-4-6-9-14/h3-11H,1,12H2,2H3. The maximum Gasteiger partial charge on any atom is 0.330 e. The number of hydrogen-bond donors (Lipinski definition) is 0. The Morgan fingerprint density at radius 1 is 1.16 bits per heavy atom. The molecule has 0 radical (unpaired) electrons. The fourth-order valence-corrected chi connectivity index (χ4v) is 1.98. The minimum absolute atomic E-state index is 0.275. The zero-order valence-electron chi connectivity index (χ0n) is 10.9. The van der Waals surface area contributed by atoms with E-state index in [1.54, 1.807) is 0 Å². The Labute approximate surface area is 113 Å². The highest BCUT2D eigenvalue weighted by Gasteiger charge is 2.07. The van der Waals surface area contributed by atoms with E-state index in [0.29, 0.717) is 0 Å². The van der Waals surface area contributed by atoms with Crippen LogP contribution in [-0.4, -0.2) is 5.97 Å². The van der Waals surface area contributed by atoms with Crippen molar-refractivity contribution in [3.8, 4) is 11.1 Å². The van der Waals surface area contributed by atoms with Crippen molar-refractivity contribution < 1.29 is 9.53 Å². The van der Waals surface area contributed by atoms with Crippen LogP contribution in [-0.2, 0) is 16.1 Å². The van der Waals surface area contributed by atoms with Crippen molar-refractivity contribution in [2.75, 3.05) is 0 Å². The maximum absolute atomic E-state index is 11.1. The van der Waals surface area contributed by atoms with E-state index >= 15 is 0 Å². The van der Waals surface area contributed by atoms with E-state index in [2.05, 4.69) is 24.8 Å². The summed E-state index contributed by atoms with van der Waals surface area (Å²) in [6.45, 7) is 5.70. The predicted octanol–water partition coefficient (Wildman–Crippen LogP) is 3.89. The van der Waals surface area contributed by atoms with Gasteiger partial charge in [-0.25, -0.2) is 4.79 Å². The lowest BCUT2D eigenvalue weighted by atomic mass is 9.97. The van der Waals surface area contributed by atoms with E-state index in [9.17, 15) is 4.79 Å². The molecule has 0 aliphatic heterocycles. The molecule has 0 aliphatic carbocycles. The van der Waals surface area contributed by atoms with Crippen LogP contribution in [0.5, 0.6) is 0 Å². The minimum Gasteiger partial charge on any atom is -0.458 e. The molecule has 0 heterocycles. The normalized spacial score (nSPS) is 9.95. The molecule has 0 bridgehead atoms. The Hall–Kier alpha value is -2.35. The van der Waals surface area contributed by atoms with Gasteiger partial charge in [-0.1, -0.05) is 55.1 Å². The molecule has 0 aromatic heterocycles. The molecule has 0 saturated heterocycles. The van der Waals surface area contributed by atoms with Crippen molar-refractivity contribution in [1.29, 1.82) is 0 Å². The number of benzene rings is 2. The number of carbonyl (C=O) groups excluding carboxylic acids is 1. The molecule has 0 amide bonds. The Morgan fingerprint density at radius 3 is 2.58 bits per heavy atom. The molecule has 0 aliphatic rings. The topological polar surface area (TPSA) is 26.3 Å². The summed E-state index contributed by atoms with van der Waals surface area (Å²) in [4.78, 5) is 11.1. The monoisotopic (exact) mass is 252 g/mol. The second kappa shape index (κ2) is 6.01. The van der Waals surface area contributed by atoms with Crippen molar-refractivity contribution in [3.05, 3.63) is 72.3 Å². The SMILES string of the molecule is C=CC(=O)OCc1cccc(-c2ccccc2)c1C. The average Bonchev–Trinajstić information content (AvgIpc) is 2.46. The average molecular weight is 252 g/mol. The molecular formula is C17H16O2. The van der Waals surface area contributed by atoms with Crippen LogP contribution in [0.3, 0.4) is 0 Å². The number of carbonyl (C=O) groups is 1. The molecule has 0 fully saturated rings. The molecule has 2 nitrogen and oxygen atoms in total. The fraction of sp³-hybridized carbons (Fsp3) is 0.118. The molecular weight excluding hydrogens is 236 g/mol. The quantitative estimate of drug-likeness (QED) is 0.609. The van der Waals surface area contributed by atoms with Gasteiger partial charge in [0.1, 0.15) is 6.61 Å². The van der Waals surface area contributed by atoms with E-state index in [1.165, 1.54) is 6.08 Å². The van der Waals surface area contributed by atoms with Gasteiger partial charge in [0.05, 0.1) is 0 Å². The van der Waals surface area contributed by atoms with Crippen LogP contribution in [0.4, 0.5) is 0 Å². The summed E-state index contributed by atoms with van der Waals surface area (Å²) in [5.74, 6) is -0.399. The zero-order chi connectivity index (χ0) is 13.7. The minimum atomic E-state index is -0.399. The van der Waals surface area contributed by atoms with Crippen LogP contribution in [0, 0.1) is 6.92 Å². The molecule has 0 spiro atoms. The summed E-state index contributed by atoms with van der Waals surface area (Å²) in [5, 5.41) is 0. The van der Waals surface area contributed by atoms with E-state index in [0.717, 1.165) is 22.3 Å². The first-order valence-corrected chi connectivity index (χ1v) is 6.15. The second-order valence-corrected chi connectivity index (χ2v) is 4.27. The molecule has 0 N–H and O–H groups in total. The first kappa shape index (κ1) is 13.1. The first-order chi connectivity index (χ1) is 9.22. The molecule has 2 heteroatoms. The van der Waals surface area contributed by atoms with Crippen molar-refractivity contribution >= 4 is 5.97 Å². The molecule has 0 unspecified atom stereocenters. The lowest BCUT2D eigenvalue weighted by Gasteiger charge is -2.11. The van der Waals surface area contributed by atoms with Crippen molar-refractivity contribution in [1.82, 2.24) is 0 Å². The van der Waals surface area contributed by atoms with Crippen molar-refractivity contribution in [2.24, 2.45) is 0 Å². The van der Waals surface area contributed by atoms with Gasteiger partial charge in [0.25, 0.3) is 0 Å². The summed E-state index contributed by atoms with van der Waals surface area (Å²) in [7, 11) is 0. The summed E-state index contributed by atoms with van der Waals surface area (Å²) < 4.78 is 5.09. The van der Waals surface area contributed by atoms with E-state index in [1.807, 2.05) is 37.3 Å². The Bertz CT molecular complexity index is 585. The zero-order valence-corrected chi connectivity index (χ0v) is 10.9. The summed E-state index contributed by atoms with van der Waals surface area (Å²) >= 11 is 0. The largest absolute Gasteiger partial charge is 0.458 e. The van der Waals surface area contributed by atoms with Gasteiger partial charge in [-0.05, 0) is 29.2 Å². The van der Waals surface area contributed by atoms with Gasteiger partial charge >= 0.3 is 5.97 Å². The molecule has 0 atom stereocenters. The lowest BCUT2D eigenvalue weighted by molar-refractivity contribution is -0.138. The van der Waals surface area contributed by atoms with Crippen LogP contribution >= 0.6 is 0 Å². The third kappa shape index (κ3) is 3.10. The third-order valence-corrected chi connectivity index (χ3v) is 3.07. The number of ether oxygens (including phenoxy) is 1. The Balaban J connectivity index is 2.28. The van der Waals surface area contributed by atoms with Gasteiger partial charge in [0.15, 0.2) is 0 Å². The smallest absolute Gasteiger partial charge is 0.330 e. The molecule has 2 aromatic rings. The van der Waals surface area contributed by atoms with Gasteiger partial charge in [0, 0.05) is 6.08 Å². The number of rotatable bonds is 4. The molecule has 0 saturated carbocycles. The Morgan fingerprint density at radius 2 is 1.89 bits per heavy atom. The summed E-state index contributed by atoms with van der Waals surface area (Å²) in [6.07, 6.45) is 1.18. The van der Waals surface area contributed by atoms with Crippen molar-refractivity contribution in [3.63, 3.8) is 0 Å². The summed E-state index contributed by atoms with van der Waals surface area (Å²) in [5.41, 5.74) is 4.46. The van der Waals surface area contributed by atoms with Crippen LogP contribution in [0.1, 0.15) is 11.1 Å². The van der Waals surface area contributed by atoms with Gasteiger partial charge in [-0.3, -0.25) is 0 Å². The molecule has 2 rings (SSSR count). The van der Waals surface area contributed by atoms with Gasteiger partial charge in [-0.15, -0.1) is 0 Å². The predicted molar refractivity (Wildman–Crippen MR) is 76.6 cm³/mol. The van der Waals surface area contributed by atoms with Crippen LogP contribution < -0.4 is 0 Å². The highest BCUT2D eigenvalue weighted by Crippen LogP contribution is 2.25. The summed E-state index contributed by atoms with van der Waals surface area (Å²) in [6, 6.07) is 16.2. The third-order valence-electron chi connectivity index (χ3n) is 3.07. The van der Waals surface area contributed by atoms with E-state index in [-0.39, 0.29) is 6.61 Å². The van der Waals surface area contributed by atoms with Crippen LogP contribution in [0.2, 0.25) is 0 Å². The van der Waals surface area contributed by atoms with Gasteiger partial charge < -0.3 is 4.74 Å². The van der Waals surface area contributed by atoms with Crippen LogP contribution in [0.15, 0.2) is 61.2 Å². The molecule has 2 aromatic carbocycles. The number of esters is 1. The highest BCUT2D eigenvalue weighted by atomic mass is 16.5. The van der Waals surface area contributed by atoms with Gasteiger partial charge in [0.2, 0.25) is 0 Å².